The zero-order valence-electron chi connectivity index (χ0n) is 8.26. The summed E-state index contributed by atoms with van der Waals surface area (Å²) in [6.07, 6.45) is 1.97. The summed E-state index contributed by atoms with van der Waals surface area (Å²) >= 11 is 0. The van der Waals surface area contributed by atoms with Crippen LogP contribution < -0.4 is 0 Å². The van der Waals surface area contributed by atoms with Gasteiger partial charge in [0.2, 0.25) is 5.91 Å². The molecule has 1 unspecified atom stereocenters. The molecule has 6 nitrogen and oxygen atoms in total. The predicted octanol–water partition coefficient (Wildman–Crippen LogP) is -0.417. The maximum Gasteiger partial charge on any atom is 0.253 e. The molecule has 15 heavy (non-hydrogen) atoms. The van der Waals surface area contributed by atoms with Gasteiger partial charge in [-0.25, -0.2) is 8.42 Å². The quantitative estimate of drug-likeness (QED) is 0.476. The normalized spacial score (nSPS) is 28.1. The van der Waals surface area contributed by atoms with Gasteiger partial charge in [0.05, 0.1) is 6.42 Å². The molecule has 0 bridgehead atoms. The molecule has 0 radical (unpaired) electrons. The van der Waals surface area contributed by atoms with E-state index in [1.54, 1.807) is 6.92 Å². The van der Waals surface area contributed by atoms with Gasteiger partial charge in [-0.05, 0) is 13.8 Å². The summed E-state index contributed by atoms with van der Waals surface area (Å²) in [6, 6.07) is 0. The number of hydrogen-bond donors (Lipinski definition) is 0. The lowest BCUT2D eigenvalue weighted by molar-refractivity contribution is -0.135. The molecule has 84 valence electrons. The van der Waals surface area contributed by atoms with E-state index in [0.717, 1.165) is 13.1 Å². The second kappa shape index (κ2) is 3.42. The van der Waals surface area contributed by atoms with Crippen molar-refractivity contribution in [2.45, 2.75) is 25.0 Å². The van der Waals surface area contributed by atoms with Crippen LogP contribution in [-0.4, -0.2) is 34.4 Å². The van der Waals surface area contributed by atoms with E-state index < -0.39 is 33.1 Å². The minimum atomic E-state index is -4.83. The molecular formula is C8H10NO5S-. The zero-order valence-corrected chi connectivity index (χ0v) is 9.08. The molecular weight excluding hydrogens is 222 g/mol. The molecule has 0 aromatic carbocycles. The first-order valence-electron chi connectivity index (χ1n) is 4.19. The van der Waals surface area contributed by atoms with E-state index in [9.17, 15) is 22.6 Å². The molecule has 1 atom stereocenters. The Morgan fingerprint density at radius 2 is 2.00 bits per heavy atom. The molecule has 0 aromatic heterocycles. The highest BCUT2D eigenvalue weighted by atomic mass is 32.2. The lowest BCUT2D eigenvalue weighted by Gasteiger charge is -2.24. The third-order valence-corrected chi connectivity index (χ3v) is 3.70. The number of carbonyl (C=O) groups is 2. The Bertz CT molecular complexity index is 438. The highest BCUT2D eigenvalue weighted by Gasteiger charge is 2.52. The van der Waals surface area contributed by atoms with Crippen LogP contribution in [0.4, 0.5) is 0 Å². The number of hydrogen-bond acceptors (Lipinski definition) is 5. The maximum atomic E-state index is 11.5. The van der Waals surface area contributed by atoms with Crippen LogP contribution >= 0.6 is 0 Å². The van der Waals surface area contributed by atoms with Gasteiger partial charge in [-0.15, -0.1) is 0 Å². The Kier molecular flexibility index (Phi) is 2.71. The van der Waals surface area contributed by atoms with Crippen molar-refractivity contribution in [1.82, 2.24) is 4.90 Å². The maximum absolute atomic E-state index is 11.5. The number of amides is 2. The summed E-state index contributed by atoms with van der Waals surface area (Å²) in [4.78, 5) is 23.5. The minimum Gasteiger partial charge on any atom is -0.747 e. The second-order valence-corrected chi connectivity index (χ2v) is 5.22. The van der Waals surface area contributed by atoms with Crippen LogP contribution in [0.15, 0.2) is 12.3 Å². The van der Waals surface area contributed by atoms with Gasteiger partial charge >= 0.3 is 0 Å². The van der Waals surface area contributed by atoms with Gasteiger partial charge in [-0.1, -0.05) is 6.08 Å². The van der Waals surface area contributed by atoms with Crippen LogP contribution in [0.3, 0.4) is 0 Å². The van der Waals surface area contributed by atoms with Crippen molar-refractivity contribution in [2.75, 3.05) is 0 Å². The second-order valence-electron chi connectivity index (χ2n) is 3.41. The van der Waals surface area contributed by atoms with Crippen molar-refractivity contribution in [3.63, 3.8) is 0 Å². The number of imide groups is 1. The Morgan fingerprint density at radius 1 is 1.47 bits per heavy atom. The topological polar surface area (TPSA) is 94.6 Å². The van der Waals surface area contributed by atoms with E-state index in [2.05, 4.69) is 0 Å². The molecule has 1 aliphatic heterocycles. The summed E-state index contributed by atoms with van der Waals surface area (Å²) in [5, 5.41) is 0. The van der Waals surface area contributed by atoms with Gasteiger partial charge in [-0.2, -0.15) is 0 Å². The smallest absolute Gasteiger partial charge is 0.253 e. The van der Waals surface area contributed by atoms with Crippen LogP contribution in [0.2, 0.25) is 0 Å². The Labute approximate surface area is 87.3 Å². The van der Waals surface area contributed by atoms with Gasteiger partial charge in [0.15, 0.2) is 0 Å². The lowest BCUT2D eigenvalue weighted by atomic mass is 10.1. The zero-order chi connectivity index (χ0) is 11.9. The van der Waals surface area contributed by atoms with E-state index in [4.69, 9.17) is 0 Å². The predicted molar refractivity (Wildman–Crippen MR) is 49.4 cm³/mol. The van der Waals surface area contributed by atoms with Gasteiger partial charge in [0.25, 0.3) is 5.91 Å². The number of carbonyl (C=O) groups excluding carboxylic acids is 2. The summed E-state index contributed by atoms with van der Waals surface area (Å²) in [6.45, 7) is 2.54. The Balaban J connectivity index is 3.22. The fourth-order valence-electron chi connectivity index (χ4n) is 1.31. The van der Waals surface area contributed by atoms with Crippen LogP contribution in [-0.2, 0) is 19.7 Å². The minimum absolute atomic E-state index is 0.595. The summed E-state index contributed by atoms with van der Waals surface area (Å²) in [5.74, 6) is -1.67. The van der Waals surface area contributed by atoms with Crippen molar-refractivity contribution >= 4 is 21.9 Å². The van der Waals surface area contributed by atoms with E-state index in [1.165, 1.54) is 6.08 Å². The van der Waals surface area contributed by atoms with Crippen LogP contribution in [0, 0.1) is 0 Å². The third-order valence-electron chi connectivity index (χ3n) is 2.28. The van der Waals surface area contributed by atoms with Crippen molar-refractivity contribution in [2.24, 2.45) is 0 Å². The largest absolute Gasteiger partial charge is 0.747 e. The van der Waals surface area contributed by atoms with Gasteiger partial charge < -0.3 is 4.55 Å². The van der Waals surface area contributed by atoms with E-state index >= 15 is 0 Å². The summed E-state index contributed by atoms with van der Waals surface area (Å²) in [7, 11) is -4.83. The van der Waals surface area contributed by atoms with Crippen LogP contribution in [0.1, 0.15) is 20.3 Å². The van der Waals surface area contributed by atoms with E-state index in [1.807, 2.05) is 0 Å². The lowest BCUT2D eigenvalue weighted by Crippen LogP contribution is -2.42. The average Bonchev–Trinajstić information content (AvgIpc) is 2.29. The molecule has 2 amide bonds. The van der Waals surface area contributed by atoms with Gasteiger partial charge in [0, 0.05) is 6.20 Å². The van der Waals surface area contributed by atoms with Gasteiger partial charge in [0.1, 0.15) is 14.9 Å². The van der Waals surface area contributed by atoms with Crippen LogP contribution in [0.5, 0.6) is 0 Å². The van der Waals surface area contributed by atoms with E-state index in [0.29, 0.717) is 4.90 Å². The molecule has 0 spiro atoms. The monoisotopic (exact) mass is 232 g/mol. The summed E-state index contributed by atoms with van der Waals surface area (Å²) < 4.78 is 30.5. The SMILES string of the molecule is C/C=C\N1C(=O)CC(C)(S(=O)(=O)[O-])C1=O. The number of allylic oxidation sites excluding steroid dienone is 1. The summed E-state index contributed by atoms with van der Waals surface area (Å²) in [5.41, 5.74) is 0. The van der Waals surface area contributed by atoms with Crippen molar-refractivity contribution in [1.29, 1.82) is 0 Å². The van der Waals surface area contributed by atoms with E-state index in [-0.39, 0.29) is 0 Å². The Morgan fingerprint density at radius 3 is 2.33 bits per heavy atom. The molecule has 0 N–H and O–H groups in total. The molecule has 1 aliphatic rings. The standard InChI is InChI=1S/C8H11NO5S/c1-3-4-9-6(10)5-8(2,7(9)11)15(12,13)14/h3-4H,5H2,1-2H3,(H,12,13,14)/p-1/b4-3-. The van der Waals surface area contributed by atoms with Crippen LogP contribution in [0.25, 0.3) is 0 Å². The highest BCUT2D eigenvalue weighted by Crippen LogP contribution is 2.31. The number of rotatable bonds is 2. The average molecular weight is 232 g/mol. The van der Waals surface area contributed by atoms with Crippen molar-refractivity contribution in [3.05, 3.63) is 12.3 Å². The number of likely N-dealkylation sites (tertiary alicyclic amines) is 1. The molecule has 0 aliphatic carbocycles. The Hall–Kier alpha value is -1.21. The molecule has 0 saturated carbocycles. The molecule has 1 saturated heterocycles. The first-order valence-corrected chi connectivity index (χ1v) is 5.59. The molecule has 1 fully saturated rings. The third kappa shape index (κ3) is 1.68. The molecule has 1 rings (SSSR count). The van der Waals surface area contributed by atoms with Crippen molar-refractivity contribution in [3.8, 4) is 0 Å². The van der Waals surface area contributed by atoms with Gasteiger partial charge in [-0.3, -0.25) is 14.5 Å². The number of nitrogens with zero attached hydrogens (tertiary/aromatic N) is 1. The fraction of sp³-hybridized carbons (Fsp3) is 0.500. The molecule has 7 heteroatoms. The fourth-order valence-corrected chi connectivity index (χ4v) is 1.93. The first kappa shape index (κ1) is 11.9. The first-order chi connectivity index (χ1) is 6.74. The van der Waals surface area contributed by atoms with Crippen molar-refractivity contribution < 1.29 is 22.6 Å². The molecule has 1 heterocycles. The molecule has 0 aromatic rings. The highest BCUT2D eigenvalue weighted by molar-refractivity contribution is 7.88.